The van der Waals surface area contributed by atoms with E-state index in [4.69, 9.17) is 4.74 Å². The summed E-state index contributed by atoms with van der Waals surface area (Å²) < 4.78 is 5.44. The average molecular weight is 846 g/mol. The molecule has 0 aromatic heterocycles. The molecule has 0 fully saturated rings. The second kappa shape index (κ2) is 50.0. The normalized spacial score (nSPS) is 12.8. The zero-order valence-corrected chi connectivity index (χ0v) is 40.2. The topological polar surface area (TPSA) is 95.9 Å². The third kappa shape index (κ3) is 45.9. The zero-order chi connectivity index (χ0) is 43.7. The van der Waals surface area contributed by atoms with Crippen LogP contribution in [0.4, 0.5) is 0 Å². The molecule has 0 aliphatic carbocycles. The monoisotopic (exact) mass is 846 g/mol. The number of carbonyl (C=O) groups excluding carboxylic acids is 2. The molecule has 0 aromatic rings. The van der Waals surface area contributed by atoms with E-state index >= 15 is 0 Å². The van der Waals surface area contributed by atoms with E-state index in [1.54, 1.807) is 0 Å². The highest BCUT2D eigenvalue weighted by Gasteiger charge is 2.20. The molecule has 0 aliphatic heterocycles. The molecule has 6 heteroatoms. The van der Waals surface area contributed by atoms with E-state index in [-0.39, 0.29) is 18.5 Å². The van der Waals surface area contributed by atoms with Crippen LogP contribution in [0.1, 0.15) is 284 Å². The molecule has 2 unspecified atom stereocenters. The third-order valence-corrected chi connectivity index (χ3v) is 12.2. The van der Waals surface area contributed by atoms with Crippen LogP contribution >= 0.6 is 0 Å². The molecule has 0 saturated carbocycles. The largest absolute Gasteiger partial charge is 0.466 e. The molecule has 0 aromatic carbocycles. The van der Waals surface area contributed by atoms with Crippen molar-refractivity contribution in [2.24, 2.45) is 0 Å². The van der Waals surface area contributed by atoms with Gasteiger partial charge in [-0.15, -0.1) is 0 Å². The maximum atomic E-state index is 12.5. The van der Waals surface area contributed by atoms with Crippen molar-refractivity contribution in [3.63, 3.8) is 0 Å². The summed E-state index contributed by atoms with van der Waals surface area (Å²) in [4.78, 5) is 24.4. The predicted molar refractivity (Wildman–Crippen MR) is 260 cm³/mol. The summed E-state index contributed by atoms with van der Waals surface area (Å²) in [5.41, 5.74) is 0. The Morgan fingerprint density at radius 3 is 1.23 bits per heavy atom. The molecular weight excluding hydrogens is 743 g/mol. The molecule has 0 heterocycles. The Balaban J connectivity index is 3.51. The predicted octanol–water partition coefficient (Wildman–Crippen LogP) is 15.9. The number of allylic oxidation sites excluding steroid dienone is 4. The molecule has 6 nitrogen and oxygen atoms in total. The first-order chi connectivity index (χ1) is 29.5. The Labute approximate surface area is 373 Å². The van der Waals surface area contributed by atoms with Crippen LogP contribution in [0.25, 0.3) is 0 Å². The number of aliphatic hydroxyl groups is 2. The van der Waals surface area contributed by atoms with Gasteiger partial charge in [0.25, 0.3) is 0 Å². The summed E-state index contributed by atoms with van der Waals surface area (Å²) in [5, 5.41) is 23.2. The summed E-state index contributed by atoms with van der Waals surface area (Å²) in [6.45, 7) is 4.89. The third-order valence-electron chi connectivity index (χ3n) is 12.2. The van der Waals surface area contributed by atoms with E-state index < -0.39 is 12.1 Å². The number of nitrogens with one attached hydrogen (secondary N) is 1. The number of aliphatic hydroxyl groups excluding tert-OH is 2. The van der Waals surface area contributed by atoms with Crippen molar-refractivity contribution < 1.29 is 24.5 Å². The van der Waals surface area contributed by atoms with Crippen molar-refractivity contribution in [3.8, 4) is 0 Å². The van der Waals surface area contributed by atoms with Crippen LogP contribution in [0.3, 0.4) is 0 Å². The Bertz CT molecular complexity index is 935. The summed E-state index contributed by atoms with van der Waals surface area (Å²) in [6.07, 6.45) is 58.6. The van der Waals surface area contributed by atoms with Crippen LogP contribution in [0, 0.1) is 0 Å². The second-order valence-electron chi connectivity index (χ2n) is 18.2. The van der Waals surface area contributed by atoms with Gasteiger partial charge in [0.1, 0.15) is 0 Å². The van der Waals surface area contributed by atoms with Crippen LogP contribution in [-0.4, -0.2) is 47.4 Å². The van der Waals surface area contributed by atoms with E-state index in [1.165, 1.54) is 180 Å². The van der Waals surface area contributed by atoms with E-state index in [0.29, 0.717) is 25.9 Å². The number of amides is 1. The van der Waals surface area contributed by atoms with Crippen LogP contribution in [0.15, 0.2) is 24.3 Å². The van der Waals surface area contributed by atoms with Gasteiger partial charge in [-0.05, 0) is 77.0 Å². The molecule has 0 spiro atoms. The summed E-state index contributed by atoms with van der Waals surface area (Å²) in [5.74, 6) is -0.0865. The minimum absolute atomic E-state index is 0.0225. The van der Waals surface area contributed by atoms with Crippen molar-refractivity contribution in [3.05, 3.63) is 24.3 Å². The molecule has 3 N–H and O–H groups in total. The molecule has 354 valence electrons. The zero-order valence-electron chi connectivity index (χ0n) is 40.2. The molecular formula is C54H103NO5. The Morgan fingerprint density at radius 1 is 0.450 bits per heavy atom. The molecule has 2 atom stereocenters. The number of carbonyl (C=O) groups is 2. The van der Waals surface area contributed by atoms with Crippen molar-refractivity contribution in [1.82, 2.24) is 5.32 Å². The minimum atomic E-state index is -0.681. The number of rotatable bonds is 49. The molecule has 0 rings (SSSR count). The van der Waals surface area contributed by atoms with Crippen molar-refractivity contribution in [2.75, 3.05) is 13.2 Å². The van der Waals surface area contributed by atoms with Gasteiger partial charge in [0, 0.05) is 12.8 Å². The second-order valence-corrected chi connectivity index (χ2v) is 18.2. The fourth-order valence-electron chi connectivity index (χ4n) is 8.10. The van der Waals surface area contributed by atoms with Crippen molar-refractivity contribution >= 4 is 11.9 Å². The molecule has 0 bridgehead atoms. The van der Waals surface area contributed by atoms with E-state index in [2.05, 4.69) is 43.5 Å². The quantitative estimate of drug-likeness (QED) is 0.0322. The number of esters is 1. The maximum absolute atomic E-state index is 12.5. The van der Waals surface area contributed by atoms with Crippen LogP contribution in [0.2, 0.25) is 0 Å². The first-order valence-electron chi connectivity index (χ1n) is 26.6. The summed E-state index contributed by atoms with van der Waals surface area (Å²) in [7, 11) is 0. The van der Waals surface area contributed by atoms with Gasteiger partial charge in [0.05, 0.1) is 25.4 Å². The van der Waals surface area contributed by atoms with Crippen LogP contribution in [0.5, 0.6) is 0 Å². The molecule has 0 aliphatic rings. The Hall–Kier alpha value is -1.66. The van der Waals surface area contributed by atoms with Gasteiger partial charge in [0.2, 0.25) is 5.91 Å². The van der Waals surface area contributed by atoms with Gasteiger partial charge in [-0.25, -0.2) is 0 Å². The van der Waals surface area contributed by atoms with E-state index in [0.717, 1.165) is 70.6 Å². The maximum Gasteiger partial charge on any atom is 0.305 e. The van der Waals surface area contributed by atoms with Crippen LogP contribution in [-0.2, 0) is 14.3 Å². The van der Waals surface area contributed by atoms with Gasteiger partial charge in [-0.1, -0.05) is 218 Å². The first kappa shape index (κ1) is 58.3. The highest BCUT2D eigenvalue weighted by atomic mass is 16.5. The molecule has 0 saturated heterocycles. The lowest BCUT2D eigenvalue weighted by Gasteiger charge is -2.22. The highest BCUT2D eigenvalue weighted by molar-refractivity contribution is 5.76. The Kier molecular flexibility index (Phi) is 48.6. The molecule has 1 amide bonds. The smallest absolute Gasteiger partial charge is 0.305 e. The first-order valence-corrected chi connectivity index (χ1v) is 26.6. The SMILES string of the molecule is CCCCC/C=C\CCCCCCCC(=O)OCCCCCCCC/C=C\CCCCCC(=O)NC(CO)C(O)CCCCCCCCCCCCCCCCCCCC. The highest BCUT2D eigenvalue weighted by Crippen LogP contribution is 2.16. The number of hydrogen-bond acceptors (Lipinski definition) is 5. The average Bonchev–Trinajstić information content (AvgIpc) is 3.25. The summed E-state index contributed by atoms with van der Waals surface area (Å²) in [6, 6.07) is -0.562. The van der Waals surface area contributed by atoms with Crippen LogP contribution < -0.4 is 5.32 Å². The number of hydrogen-bond donors (Lipinski definition) is 3. The van der Waals surface area contributed by atoms with Gasteiger partial charge in [0.15, 0.2) is 0 Å². The lowest BCUT2D eigenvalue weighted by Crippen LogP contribution is -2.45. The van der Waals surface area contributed by atoms with Gasteiger partial charge < -0.3 is 20.3 Å². The standard InChI is InChI=1S/C54H103NO5/c1-3-5-7-9-11-13-15-17-18-19-20-21-23-26-30-34-38-42-46-52(57)51(50-56)55-53(58)47-43-39-35-31-27-24-22-25-29-33-37-41-45-49-60-54(59)48-44-40-36-32-28-16-14-12-10-8-6-4-2/h12,14,24,27,51-52,56-57H,3-11,13,15-23,25-26,28-50H2,1-2H3,(H,55,58)/b14-12-,27-24-. The molecule has 0 radical (unpaired) electrons. The number of unbranched alkanes of at least 4 members (excludes halogenated alkanes) is 34. The number of ether oxygens (including phenoxy) is 1. The lowest BCUT2D eigenvalue weighted by molar-refractivity contribution is -0.143. The Morgan fingerprint density at radius 2 is 0.783 bits per heavy atom. The minimum Gasteiger partial charge on any atom is -0.466 e. The van der Waals surface area contributed by atoms with Gasteiger partial charge >= 0.3 is 5.97 Å². The van der Waals surface area contributed by atoms with E-state index in [1.807, 2.05) is 0 Å². The van der Waals surface area contributed by atoms with Crippen molar-refractivity contribution in [2.45, 2.75) is 296 Å². The molecule has 60 heavy (non-hydrogen) atoms. The fraction of sp³-hybridized carbons (Fsp3) is 0.889. The summed E-state index contributed by atoms with van der Waals surface area (Å²) >= 11 is 0. The van der Waals surface area contributed by atoms with Gasteiger partial charge in [-0.2, -0.15) is 0 Å². The van der Waals surface area contributed by atoms with Crippen molar-refractivity contribution in [1.29, 1.82) is 0 Å². The fourth-order valence-corrected chi connectivity index (χ4v) is 8.10. The lowest BCUT2D eigenvalue weighted by atomic mass is 10.0. The van der Waals surface area contributed by atoms with E-state index in [9.17, 15) is 19.8 Å². The van der Waals surface area contributed by atoms with Gasteiger partial charge in [-0.3, -0.25) is 9.59 Å².